The number of hydrogen-bond acceptors (Lipinski definition) is 2. The zero-order valence-electron chi connectivity index (χ0n) is 14.1. The van der Waals surface area contributed by atoms with E-state index in [0.29, 0.717) is 6.04 Å². The van der Waals surface area contributed by atoms with Crippen LogP contribution < -0.4 is 5.32 Å². The maximum Gasteiger partial charge on any atom is 0.169 e. The van der Waals surface area contributed by atoms with Gasteiger partial charge in [0.1, 0.15) is 0 Å². The van der Waals surface area contributed by atoms with Gasteiger partial charge in [0.15, 0.2) is 5.11 Å². The number of hydrogen-bond donors (Lipinski definition) is 1. The van der Waals surface area contributed by atoms with Crippen LogP contribution in [0.2, 0.25) is 0 Å². The molecule has 5 heteroatoms. The third-order valence-corrected chi connectivity index (χ3v) is 5.90. The van der Waals surface area contributed by atoms with E-state index in [2.05, 4.69) is 40.7 Å². The maximum atomic E-state index is 5.62. The Balaban J connectivity index is 1.35. The number of nitrogens with one attached hydrogen (secondary N) is 1. The van der Waals surface area contributed by atoms with E-state index in [-0.39, 0.29) is 0 Å². The Labute approximate surface area is 148 Å². The predicted octanol–water partition coefficient (Wildman–Crippen LogP) is 3.37. The molecule has 2 bridgehead atoms. The molecule has 3 atom stereocenters. The molecule has 1 heterocycles. The van der Waals surface area contributed by atoms with Crippen LogP contribution in [-0.2, 0) is 6.54 Å². The van der Waals surface area contributed by atoms with Crippen molar-refractivity contribution in [3.05, 3.63) is 48.3 Å². The molecule has 2 aliphatic rings. The van der Waals surface area contributed by atoms with Gasteiger partial charge in [-0.15, -0.1) is 0 Å². The maximum absolute atomic E-state index is 5.62. The molecule has 1 aromatic heterocycles. The Bertz CT molecular complexity index is 711. The van der Waals surface area contributed by atoms with E-state index in [9.17, 15) is 0 Å². The fraction of sp³-hybridized carbons (Fsp3) is 0.474. The third kappa shape index (κ3) is 3.18. The van der Waals surface area contributed by atoms with Crippen molar-refractivity contribution in [2.75, 3.05) is 7.05 Å². The van der Waals surface area contributed by atoms with Crippen molar-refractivity contribution in [1.82, 2.24) is 20.0 Å². The molecular weight excluding hydrogens is 316 g/mol. The minimum Gasteiger partial charge on any atom is -0.360 e. The zero-order chi connectivity index (χ0) is 16.5. The Morgan fingerprint density at radius 1 is 1.29 bits per heavy atom. The second-order valence-electron chi connectivity index (χ2n) is 7.22. The van der Waals surface area contributed by atoms with Crippen LogP contribution in [0, 0.1) is 11.8 Å². The van der Waals surface area contributed by atoms with Crippen molar-refractivity contribution in [3.63, 3.8) is 0 Å². The van der Waals surface area contributed by atoms with Crippen molar-refractivity contribution in [3.8, 4) is 5.69 Å². The molecule has 24 heavy (non-hydrogen) atoms. The van der Waals surface area contributed by atoms with Crippen LogP contribution in [-0.4, -0.2) is 32.9 Å². The van der Waals surface area contributed by atoms with Crippen LogP contribution in [0.1, 0.15) is 31.2 Å². The van der Waals surface area contributed by atoms with E-state index in [4.69, 9.17) is 12.2 Å². The summed E-state index contributed by atoms with van der Waals surface area (Å²) in [6.07, 6.45) is 9.48. The van der Waals surface area contributed by atoms with Gasteiger partial charge in [-0.25, -0.2) is 4.68 Å². The molecule has 0 radical (unpaired) electrons. The summed E-state index contributed by atoms with van der Waals surface area (Å²) in [5.41, 5.74) is 2.24. The van der Waals surface area contributed by atoms with E-state index in [1.165, 1.54) is 31.2 Å². The molecule has 0 amide bonds. The summed E-state index contributed by atoms with van der Waals surface area (Å²) in [6, 6.07) is 10.8. The molecule has 4 rings (SSSR count). The fourth-order valence-electron chi connectivity index (χ4n) is 4.20. The largest absolute Gasteiger partial charge is 0.360 e. The number of fused-ring (bicyclic) bond motifs is 2. The SMILES string of the molecule is CN(Cc1cnn(-c2ccccc2)c1)C(=S)N[C@H]1C[C@H]2CC[C@H]1C2. The highest BCUT2D eigenvalue weighted by Gasteiger charge is 2.39. The van der Waals surface area contributed by atoms with E-state index in [1.54, 1.807) is 0 Å². The lowest BCUT2D eigenvalue weighted by Gasteiger charge is -2.28. The molecule has 2 aromatic rings. The summed E-state index contributed by atoms with van der Waals surface area (Å²) in [6.45, 7) is 0.777. The van der Waals surface area contributed by atoms with Crippen LogP contribution >= 0.6 is 12.2 Å². The van der Waals surface area contributed by atoms with E-state index >= 15 is 0 Å². The first-order chi connectivity index (χ1) is 11.7. The van der Waals surface area contributed by atoms with Crippen molar-refractivity contribution in [1.29, 1.82) is 0 Å². The quantitative estimate of drug-likeness (QED) is 0.865. The Hall–Kier alpha value is -1.88. The molecule has 2 aliphatic carbocycles. The molecule has 0 aliphatic heterocycles. The number of aromatic nitrogens is 2. The first kappa shape index (κ1) is 15.6. The Kier molecular flexibility index (Phi) is 4.27. The number of rotatable bonds is 4. The lowest BCUT2D eigenvalue weighted by atomic mass is 9.95. The lowest BCUT2D eigenvalue weighted by Crippen LogP contribution is -2.44. The van der Waals surface area contributed by atoms with Gasteiger partial charge in [0, 0.05) is 31.4 Å². The second kappa shape index (κ2) is 6.55. The normalized spacial score (nSPS) is 25.0. The molecule has 0 unspecified atom stereocenters. The van der Waals surface area contributed by atoms with Gasteiger partial charge >= 0.3 is 0 Å². The highest BCUT2D eigenvalue weighted by molar-refractivity contribution is 7.80. The molecule has 2 fully saturated rings. The van der Waals surface area contributed by atoms with Crippen molar-refractivity contribution < 1.29 is 0 Å². The standard InChI is InChI=1S/C19H24N4S/c1-22(19(24)21-18-10-14-7-8-16(18)9-14)12-15-11-20-23(13-15)17-5-3-2-4-6-17/h2-6,11,13-14,16,18H,7-10,12H2,1H3,(H,21,24)/t14-,16-,18-/m0/s1. The Morgan fingerprint density at radius 2 is 2.12 bits per heavy atom. The van der Waals surface area contributed by atoms with Crippen LogP contribution in [0.5, 0.6) is 0 Å². The zero-order valence-corrected chi connectivity index (χ0v) is 14.9. The fourth-order valence-corrected chi connectivity index (χ4v) is 4.42. The molecule has 2 saturated carbocycles. The number of thiocarbonyl (C=S) groups is 1. The van der Waals surface area contributed by atoms with Gasteiger partial charge in [0.25, 0.3) is 0 Å². The average Bonchev–Trinajstić information content (AvgIpc) is 3.32. The number of benzene rings is 1. The van der Waals surface area contributed by atoms with Gasteiger partial charge in [0.2, 0.25) is 0 Å². The summed E-state index contributed by atoms with van der Waals surface area (Å²) in [5.74, 6) is 1.77. The van der Waals surface area contributed by atoms with Crippen molar-refractivity contribution in [2.24, 2.45) is 11.8 Å². The lowest BCUT2D eigenvalue weighted by molar-refractivity contribution is 0.373. The molecule has 1 aromatic carbocycles. The highest BCUT2D eigenvalue weighted by atomic mass is 32.1. The summed E-state index contributed by atoms with van der Waals surface area (Å²) in [7, 11) is 2.06. The molecule has 126 valence electrons. The number of para-hydroxylation sites is 1. The van der Waals surface area contributed by atoms with Crippen LogP contribution in [0.4, 0.5) is 0 Å². The minimum atomic E-state index is 0.589. The average molecular weight is 340 g/mol. The molecular formula is C19H24N4S. The van der Waals surface area contributed by atoms with Gasteiger partial charge in [-0.05, 0) is 55.4 Å². The monoisotopic (exact) mass is 340 g/mol. The minimum absolute atomic E-state index is 0.589. The van der Waals surface area contributed by atoms with E-state index in [0.717, 1.165) is 29.2 Å². The number of nitrogens with zero attached hydrogens (tertiary/aromatic N) is 3. The highest BCUT2D eigenvalue weighted by Crippen LogP contribution is 2.44. The second-order valence-corrected chi connectivity index (χ2v) is 7.60. The topological polar surface area (TPSA) is 33.1 Å². The van der Waals surface area contributed by atoms with Gasteiger partial charge in [-0.1, -0.05) is 24.6 Å². The van der Waals surface area contributed by atoms with Crippen LogP contribution in [0.3, 0.4) is 0 Å². The summed E-state index contributed by atoms with van der Waals surface area (Å²) >= 11 is 5.62. The van der Waals surface area contributed by atoms with Crippen molar-refractivity contribution >= 4 is 17.3 Å². The van der Waals surface area contributed by atoms with E-state index in [1.807, 2.05) is 29.1 Å². The first-order valence-corrected chi connectivity index (χ1v) is 9.20. The summed E-state index contributed by atoms with van der Waals surface area (Å²) < 4.78 is 1.91. The Morgan fingerprint density at radius 3 is 2.83 bits per heavy atom. The summed E-state index contributed by atoms with van der Waals surface area (Å²) in [4.78, 5) is 2.12. The van der Waals surface area contributed by atoms with Gasteiger partial charge in [-0.3, -0.25) is 0 Å². The molecule has 0 saturated heterocycles. The molecule has 1 N–H and O–H groups in total. The van der Waals surface area contributed by atoms with Crippen LogP contribution in [0.25, 0.3) is 5.69 Å². The van der Waals surface area contributed by atoms with Gasteiger partial charge in [-0.2, -0.15) is 5.10 Å². The van der Waals surface area contributed by atoms with Gasteiger partial charge < -0.3 is 10.2 Å². The smallest absolute Gasteiger partial charge is 0.169 e. The summed E-state index contributed by atoms with van der Waals surface area (Å²) in [5, 5.41) is 8.92. The first-order valence-electron chi connectivity index (χ1n) is 8.79. The van der Waals surface area contributed by atoms with Crippen LogP contribution in [0.15, 0.2) is 42.7 Å². The predicted molar refractivity (Wildman–Crippen MR) is 100 cm³/mol. The molecule has 0 spiro atoms. The van der Waals surface area contributed by atoms with E-state index < -0.39 is 0 Å². The third-order valence-electron chi connectivity index (χ3n) is 5.47. The van der Waals surface area contributed by atoms with Crippen molar-refractivity contribution in [2.45, 2.75) is 38.3 Å². The van der Waals surface area contributed by atoms with Gasteiger partial charge in [0.05, 0.1) is 11.9 Å². The molecule has 4 nitrogen and oxygen atoms in total.